The number of benzene rings is 1. The van der Waals surface area contributed by atoms with Crippen molar-refractivity contribution in [3.8, 4) is 0 Å². The minimum absolute atomic E-state index is 0.0744. The van der Waals surface area contributed by atoms with Crippen molar-refractivity contribution in [2.75, 3.05) is 11.4 Å². The Morgan fingerprint density at radius 1 is 1.46 bits per heavy atom. The minimum atomic E-state index is -1.19. The maximum atomic E-state index is 12.4. The van der Waals surface area contributed by atoms with Crippen LogP contribution in [0.3, 0.4) is 0 Å². The van der Waals surface area contributed by atoms with Crippen molar-refractivity contribution >= 4 is 29.6 Å². The number of rotatable bonds is 7. The summed E-state index contributed by atoms with van der Waals surface area (Å²) < 4.78 is 0. The lowest BCUT2D eigenvalue weighted by Crippen LogP contribution is -2.42. The zero-order chi connectivity index (χ0) is 19.4. The monoisotopic (exact) mass is 364 g/mol. The first-order chi connectivity index (χ1) is 12.2. The van der Waals surface area contributed by atoms with Crippen LogP contribution in [0.25, 0.3) is 0 Å². The number of hydrogen-bond acceptors (Lipinski definition) is 6. The number of carbonyl (C=O) groups is 3. The van der Waals surface area contributed by atoms with Gasteiger partial charge in [0.15, 0.2) is 5.03 Å². The highest BCUT2D eigenvalue weighted by atomic mass is 16.7. The fraction of sp³-hybridized carbons (Fsp3) is 0.286. The molecular formula is C14H16N6O6. The molecule has 1 aliphatic rings. The van der Waals surface area contributed by atoms with E-state index < -0.39 is 34.9 Å². The number of nitrogens with zero attached hydrogens (tertiary/aromatic N) is 3. The zero-order valence-electron chi connectivity index (χ0n) is 13.4. The van der Waals surface area contributed by atoms with Crippen LogP contribution in [0.4, 0.5) is 10.5 Å². The largest absolute Gasteiger partial charge is 0.478 e. The molecule has 1 aliphatic heterocycles. The average molecular weight is 364 g/mol. The van der Waals surface area contributed by atoms with Crippen LogP contribution < -0.4 is 16.0 Å². The van der Waals surface area contributed by atoms with Crippen molar-refractivity contribution in [1.82, 2.24) is 10.3 Å². The molecule has 1 saturated heterocycles. The lowest BCUT2D eigenvalue weighted by molar-refractivity contribution is -0.629. The van der Waals surface area contributed by atoms with E-state index in [1.54, 1.807) is 0 Å². The van der Waals surface area contributed by atoms with Crippen LogP contribution in [-0.2, 0) is 4.79 Å². The van der Waals surface area contributed by atoms with Crippen LogP contribution in [0.15, 0.2) is 24.3 Å². The third kappa shape index (κ3) is 3.85. The van der Waals surface area contributed by atoms with Gasteiger partial charge >= 0.3 is 12.0 Å². The Balaban J connectivity index is 2.05. The molecule has 5 N–H and O–H groups in total. The summed E-state index contributed by atoms with van der Waals surface area (Å²) >= 11 is 0. The topological polar surface area (TPSA) is 183 Å². The SMILES string of the molecule is N=C(N)N(CCC[C@@H]1NC(=O)N(c2cccc(C(=O)O)c2)C1=O)[N+](=O)[O-]. The Morgan fingerprint density at radius 3 is 2.73 bits per heavy atom. The Bertz CT molecular complexity index is 767. The van der Waals surface area contributed by atoms with E-state index in [2.05, 4.69) is 5.32 Å². The molecule has 0 spiro atoms. The van der Waals surface area contributed by atoms with E-state index in [0.717, 1.165) is 4.90 Å². The standard InChI is InChI=1S/C14H16N6O6/c15-13(16)18(20(25)26)6-2-5-10-11(21)19(14(24)17-10)9-4-1-3-8(7-9)12(22)23/h1,3-4,7,10H,2,5-6H2,(H3,15,16)(H,17,24)(H,22,23)/t10-/m0/s1. The van der Waals surface area contributed by atoms with Gasteiger partial charge in [-0.2, -0.15) is 0 Å². The fourth-order valence-corrected chi connectivity index (χ4v) is 2.48. The molecule has 3 amide bonds. The van der Waals surface area contributed by atoms with Crippen LogP contribution in [0.2, 0.25) is 0 Å². The number of aromatic carboxylic acids is 1. The molecule has 1 heterocycles. The summed E-state index contributed by atoms with van der Waals surface area (Å²) in [6, 6.07) is 3.75. The Morgan fingerprint density at radius 2 is 2.15 bits per heavy atom. The molecule has 2 rings (SSSR count). The van der Waals surface area contributed by atoms with Crippen molar-refractivity contribution in [3.63, 3.8) is 0 Å². The molecule has 0 radical (unpaired) electrons. The van der Waals surface area contributed by atoms with Crippen molar-refractivity contribution < 1.29 is 24.5 Å². The summed E-state index contributed by atoms with van der Waals surface area (Å²) in [6.07, 6.45) is 0.220. The molecule has 1 aromatic carbocycles. The number of imide groups is 1. The summed E-state index contributed by atoms with van der Waals surface area (Å²) in [5, 5.41) is 28.9. The second kappa shape index (κ2) is 7.46. The maximum absolute atomic E-state index is 12.4. The molecule has 138 valence electrons. The van der Waals surface area contributed by atoms with Crippen molar-refractivity contribution in [1.29, 1.82) is 5.41 Å². The number of guanidine groups is 1. The highest BCUT2D eigenvalue weighted by molar-refractivity contribution is 6.21. The van der Waals surface area contributed by atoms with E-state index in [4.69, 9.17) is 16.2 Å². The van der Waals surface area contributed by atoms with Gasteiger partial charge in [0.1, 0.15) is 6.04 Å². The predicted molar refractivity (Wildman–Crippen MR) is 88.1 cm³/mol. The van der Waals surface area contributed by atoms with E-state index in [1.165, 1.54) is 24.3 Å². The van der Waals surface area contributed by atoms with Gasteiger partial charge in [0.25, 0.3) is 11.9 Å². The number of hydrogen-bond donors (Lipinski definition) is 4. The number of amides is 3. The second-order valence-electron chi connectivity index (χ2n) is 5.42. The molecule has 1 fully saturated rings. The number of nitrogens with two attached hydrogens (primary N) is 1. The molecule has 0 bridgehead atoms. The van der Waals surface area contributed by atoms with Crippen molar-refractivity contribution in [2.45, 2.75) is 18.9 Å². The van der Waals surface area contributed by atoms with Gasteiger partial charge in [0, 0.05) is 0 Å². The molecule has 0 unspecified atom stereocenters. The molecule has 1 atom stereocenters. The molecule has 1 aromatic rings. The van der Waals surface area contributed by atoms with Gasteiger partial charge in [-0.25, -0.2) is 24.6 Å². The highest BCUT2D eigenvalue weighted by Crippen LogP contribution is 2.22. The van der Waals surface area contributed by atoms with Gasteiger partial charge in [0.05, 0.1) is 17.8 Å². The smallest absolute Gasteiger partial charge is 0.335 e. The summed E-state index contributed by atoms with van der Waals surface area (Å²) in [5.74, 6) is -2.52. The van der Waals surface area contributed by atoms with Gasteiger partial charge in [-0.1, -0.05) is 11.1 Å². The number of anilines is 1. The van der Waals surface area contributed by atoms with Gasteiger partial charge < -0.3 is 16.2 Å². The van der Waals surface area contributed by atoms with E-state index >= 15 is 0 Å². The first kappa shape index (κ1) is 18.6. The van der Waals surface area contributed by atoms with Crippen molar-refractivity contribution in [2.24, 2.45) is 5.73 Å². The molecule has 0 aromatic heterocycles. The number of urea groups is 1. The summed E-state index contributed by atoms with van der Waals surface area (Å²) in [4.78, 5) is 47.1. The third-order valence-electron chi connectivity index (χ3n) is 3.71. The van der Waals surface area contributed by atoms with E-state index in [1.807, 2.05) is 0 Å². The fourth-order valence-electron chi connectivity index (χ4n) is 2.48. The third-order valence-corrected chi connectivity index (χ3v) is 3.71. The summed E-state index contributed by atoms with van der Waals surface area (Å²) in [7, 11) is 0. The van der Waals surface area contributed by atoms with Crippen LogP contribution in [-0.4, -0.2) is 51.6 Å². The molecule has 12 heteroatoms. The molecular weight excluding hydrogens is 348 g/mol. The zero-order valence-corrected chi connectivity index (χ0v) is 13.4. The van der Waals surface area contributed by atoms with E-state index in [0.29, 0.717) is 5.01 Å². The number of carbonyl (C=O) groups excluding carboxylic acids is 2. The molecule has 12 nitrogen and oxygen atoms in total. The Labute approximate surface area is 146 Å². The van der Waals surface area contributed by atoms with Crippen LogP contribution >= 0.6 is 0 Å². The Kier molecular flexibility index (Phi) is 5.35. The van der Waals surface area contributed by atoms with E-state index in [-0.39, 0.29) is 30.6 Å². The number of nitro groups is 1. The quantitative estimate of drug-likeness (QED) is 0.171. The molecule has 0 saturated carbocycles. The van der Waals surface area contributed by atoms with Gasteiger partial charge in [-0.05, 0) is 31.0 Å². The first-order valence-corrected chi connectivity index (χ1v) is 7.46. The Hall–Kier alpha value is -3.70. The highest BCUT2D eigenvalue weighted by Gasteiger charge is 2.39. The second-order valence-corrected chi connectivity index (χ2v) is 5.42. The van der Waals surface area contributed by atoms with Crippen LogP contribution in [0, 0.1) is 15.5 Å². The number of carboxylic acid groups (broad SMARTS) is 1. The summed E-state index contributed by atoms with van der Waals surface area (Å²) in [5.41, 5.74) is 5.13. The molecule has 0 aliphatic carbocycles. The number of hydrazine groups is 1. The van der Waals surface area contributed by atoms with Crippen molar-refractivity contribution in [3.05, 3.63) is 39.9 Å². The normalized spacial score (nSPS) is 16.3. The number of carboxylic acids is 1. The van der Waals surface area contributed by atoms with Gasteiger partial charge in [0.2, 0.25) is 0 Å². The molecule has 26 heavy (non-hydrogen) atoms. The average Bonchev–Trinajstić information content (AvgIpc) is 2.84. The van der Waals surface area contributed by atoms with E-state index in [9.17, 15) is 24.5 Å². The van der Waals surface area contributed by atoms with Gasteiger partial charge in [-0.15, -0.1) is 0 Å². The lowest BCUT2D eigenvalue weighted by atomic mass is 10.1. The van der Waals surface area contributed by atoms with Crippen LogP contribution in [0.1, 0.15) is 23.2 Å². The lowest BCUT2D eigenvalue weighted by Gasteiger charge is -2.14. The van der Waals surface area contributed by atoms with Gasteiger partial charge in [-0.3, -0.25) is 10.2 Å². The first-order valence-electron chi connectivity index (χ1n) is 7.46. The summed E-state index contributed by atoms with van der Waals surface area (Å²) in [6.45, 7) is -0.198. The number of nitrogens with one attached hydrogen (secondary N) is 2. The van der Waals surface area contributed by atoms with Crippen LogP contribution in [0.5, 0.6) is 0 Å². The minimum Gasteiger partial charge on any atom is -0.478 e. The predicted octanol–water partition coefficient (Wildman–Crippen LogP) is -0.0230. The maximum Gasteiger partial charge on any atom is 0.335 e.